The minimum Gasteiger partial charge on any atom is -0.294 e. The van der Waals surface area contributed by atoms with Gasteiger partial charge in [-0.1, -0.05) is 39.8 Å². The minimum absolute atomic E-state index is 0.0473. The van der Waals surface area contributed by atoms with Crippen LogP contribution in [0.3, 0.4) is 0 Å². The van der Waals surface area contributed by atoms with E-state index in [9.17, 15) is 24.9 Å². The van der Waals surface area contributed by atoms with Gasteiger partial charge in [0.05, 0.1) is 16.3 Å². The lowest BCUT2D eigenvalue weighted by Gasteiger charge is -2.46. The first-order chi connectivity index (χ1) is 13.9. The fraction of sp³-hybridized carbons (Fsp3) is 0.478. The summed E-state index contributed by atoms with van der Waals surface area (Å²) in [5.41, 5.74) is 1.98. The number of carbonyl (C=O) groups is 2. The van der Waals surface area contributed by atoms with Gasteiger partial charge in [-0.3, -0.25) is 24.9 Å². The van der Waals surface area contributed by atoms with Crippen LogP contribution in [0.25, 0.3) is 0 Å². The quantitative estimate of drug-likeness (QED) is 0.562. The van der Waals surface area contributed by atoms with Gasteiger partial charge >= 0.3 is 0 Å². The van der Waals surface area contributed by atoms with E-state index in [-0.39, 0.29) is 28.1 Å². The van der Waals surface area contributed by atoms with Crippen LogP contribution < -0.4 is 0 Å². The number of benzene rings is 1. The molecule has 1 aromatic carbocycles. The molecule has 0 saturated heterocycles. The van der Waals surface area contributed by atoms with Gasteiger partial charge in [0, 0.05) is 42.0 Å². The van der Waals surface area contributed by atoms with Gasteiger partial charge in [0.2, 0.25) is 0 Å². The van der Waals surface area contributed by atoms with Crippen LogP contribution in [0.4, 0.5) is 5.69 Å². The zero-order valence-corrected chi connectivity index (χ0v) is 17.7. The van der Waals surface area contributed by atoms with Gasteiger partial charge in [-0.05, 0) is 29.2 Å². The molecule has 0 unspecified atom stereocenters. The van der Waals surface area contributed by atoms with Crippen molar-refractivity contribution >= 4 is 17.3 Å². The Bertz CT molecular complexity index is 976. The Morgan fingerprint density at radius 3 is 1.73 bits per heavy atom. The number of rotatable bonds is 2. The topological polar surface area (TPSA) is 101 Å². The van der Waals surface area contributed by atoms with Crippen molar-refractivity contribution in [1.82, 2.24) is 5.06 Å². The molecule has 7 heteroatoms. The summed E-state index contributed by atoms with van der Waals surface area (Å²) in [6.45, 7) is 7.96. The molecule has 4 rings (SSSR count). The van der Waals surface area contributed by atoms with Gasteiger partial charge < -0.3 is 0 Å². The summed E-state index contributed by atoms with van der Waals surface area (Å²) in [4.78, 5) is 37.0. The highest BCUT2D eigenvalue weighted by molar-refractivity contribution is 6.06. The number of allylic oxidation sites excluding steroid dienone is 4. The lowest BCUT2D eigenvalue weighted by molar-refractivity contribution is -0.384. The molecule has 0 fully saturated rings. The molecule has 0 bridgehead atoms. The standard InChI is InChI=1S/C23H26N2O5/c1-22(2)9-15-20(17(26)11-22)19(13-5-7-14(8-6-13)25(29)30)21-16(24(15)28)10-23(3,4)12-18(21)27/h5-8,19,28H,9-12H2,1-4H3. The van der Waals surface area contributed by atoms with Crippen LogP contribution in [0.2, 0.25) is 0 Å². The normalized spacial score (nSPS) is 23.4. The molecule has 1 aromatic rings. The SMILES string of the molecule is CC1(C)CC(=O)C2=C(C1)N(O)C1=C(C(=O)CC(C)(C)C1)C2c1ccc([N+](=O)[O-])cc1. The molecule has 0 radical (unpaired) electrons. The number of carbonyl (C=O) groups excluding carboxylic acids is 2. The van der Waals surface area contributed by atoms with Gasteiger partial charge in [-0.2, -0.15) is 0 Å². The van der Waals surface area contributed by atoms with Crippen LogP contribution in [0.5, 0.6) is 0 Å². The van der Waals surface area contributed by atoms with Crippen molar-refractivity contribution in [3.05, 3.63) is 62.5 Å². The van der Waals surface area contributed by atoms with Crippen molar-refractivity contribution < 1.29 is 19.7 Å². The Labute approximate surface area is 175 Å². The molecule has 1 heterocycles. The molecule has 0 atom stereocenters. The second-order valence-corrected chi connectivity index (χ2v) is 10.2. The summed E-state index contributed by atoms with van der Waals surface area (Å²) >= 11 is 0. The predicted octanol–water partition coefficient (Wildman–Crippen LogP) is 4.67. The molecule has 158 valence electrons. The van der Waals surface area contributed by atoms with Crippen LogP contribution in [-0.2, 0) is 9.59 Å². The van der Waals surface area contributed by atoms with E-state index in [1.54, 1.807) is 12.1 Å². The number of Topliss-reactive ketones (excluding diaryl/α,β-unsaturated/α-hetero) is 2. The second kappa shape index (κ2) is 6.60. The van der Waals surface area contributed by atoms with E-state index < -0.39 is 10.8 Å². The smallest absolute Gasteiger partial charge is 0.269 e. The van der Waals surface area contributed by atoms with E-state index in [1.165, 1.54) is 12.1 Å². The number of hydroxylamine groups is 2. The molecule has 0 spiro atoms. The van der Waals surface area contributed by atoms with E-state index in [0.717, 1.165) is 5.06 Å². The number of nitrogens with zero attached hydrogens (tertiary/aromatic N) is 2. The van der Waals surface area contributed by atoms with Crippen LogP contribution >= 0.6 is 0 Å². The Hall–Kier alpha value is -2.80. The van der Waals surface area contributed by atoms with E-state index in [0.29, 0.717) is 53.8 Å². The second-order valence-electron chi connectivity index (χ2n) is 10.2. The summed E-state index contributed by atoms with van der Waals surface area (Å²) < 4.78 is 0. The van der Waals surface area contributed by atoms with Crippen molar-refractivity contribution in [2.45, 2.75) is 59.3 Å². The lowest BCUT2D eigenvalue weighted by atomic mass is 9.64. The molecular weight excluding hydrogens is 384 g/mol. The predicted molar refractivity (Wildman–Crippen MR) is 110 cm³/mol. The summed E-state index contributed by atoms with van der Waals surface area (Å²) in [6.07, 6.45) is 1.68. The maximum absolute atomic E-state index is 13.2. The van der Waals surface area contributed by atoms with Crippen molar-refractivity contribution in [1.29, 1.82) is 0 Å². The van der Waals surface area contributed by atoms with Gasteiger partial charge in [0.1, 0.15) is 0 Å². The van der Waals surface area contributed by atoms with Crippen LogP contribution in [0.15, 0.2) is 46.8 Å². The van der Waals surface area contributed by atoms with E-state index in [4.69, 9.17) is 0 Å². The van der Waals surface area contributed by atoms with E-state index in [2.05, 4.69) is 0 Å². The van der Waals surface area contributed by atoms with Crippen molar-refractivity contribution in [3.63, 3.8) is 0 Å². The number of hydrogen-bond acceptors (Lipinski definition) is 6. The summed E-state index contributed by atoms with van der Waals surface area (Å²) in [5.74, 6) is -0.785. The van der Waals surface area contributed by atoms with E-state index >= 15 is 0 Å². The Morgan fingerprint density at radius 2 is 1.33 bits per heavy atom. The molecule has 0 aromatic heterocycles. The average molecular weight is 410 g/mol. The summed E-state index contributed by atoms with van der Waals surface area (Å²) in [5, 5.41) is 23.3. The molecule has 3 aliphatic rings. The van der Waals surface area contributed by atoms with Crippen LogP contribution in [-0.4, -0.2) is 26.8 Å². The zero-order chi connectivity index (χ0) is 22.0. The van der Waals surface area contributed by atoms with Crippen LogP contribution in [0.1, 0.15) is 64.9 Å². The fourth-order valence-corrected chi connectivity index (χ4v) is 5.07. The number of hydrogen-bond donors (Lipinski definition) is 1. The van der Waals surface area contributed by atoms with Crippen molar-refractivity contribution in [2.24, 2.45) is 10.8 Å². The molecular formula is C23H26N2O5. The minimum atomic E-state index is -0.605. The van der Waals surface area contributed by atoms with Gasteiger partial charge in [-0.25, -0.2) is 5.06 Å². The Morgan fingerprint density at radius 1 is 0.900 bits per heavy atom. The third kappa shape index (κ3) is 3.27. The van der Waals surface area contributed by atoms with Gasteiger partial charge in [0.25, 0.3) is 5.69 Å². The Balaban J connectivity index is 1.93. The molecule has 2 aliphatic carbocycles. The van der Waals surface area contributed by atoms with Crippen molar-refractivity contribution in [2.75, 3.05) is 0 Å². The maximum Gasteiger partial charge on any atom is 0.269 e. The van der Waals surface area contributed by atoms with Gasteiger partial charge in [0.15, 0.2) is 11.6 Å². The first kappa shape index (κ1) is 20.5. The molecule has 1 N–H and O–H groups in total. The Kier molecular flexibility index (Phi) is 4.51. The summed E-state index contributed by atoms with van der Waals surface area (Å²) in [7, 11) is 0. The molecule has 1 aliphatic heterocycles. The fourth-order valence-electron chi connectivity index (χ4n) is 5.07. The lowest BCUT2D eigenvalue weighted by Crippen LogP contribution is -2.43. The molecule has 0 saturated carbocycles. The third-order valence-corrected chi connectivity index (χ3v) is 6.32. The largest absolute Gasteiger partial charge is 0.294 e. The summed E-state index contributed by atoms with van der Waals surface area (Å²) in [6, 6.07) is 6.03. The first-order valence-corrected chi connectivity index (χ1v) is 10.2. The van der Waals surface area contributed by atoms with Crippen molar-refractivity contribution in [3.8, 4) is 0 Å². The highest BCUT2D eigenvalue weighted by Crippen LogP contribution is 2.53. The van der Waals surface area contributed by atoms with Gasteiger partial charge in [-0.15, -0.1) is 0 Å². The zero-order valence-electron chi connectivity index (χ0n) is 17.7. The van der Waals surface area contributed by atoms with Crippen LogP contribution in [0, 0.1) is 20.9 Å². The maximum atomic E-state index is 13.2. The first-order valence-electron chi connectivity index (χ1n) is 10.2. The highest BCUT2D eigenvalue weighted by atomic mass is 16.6. The molecule has 30 heavy (non-hydrogen) atoms. The molecule has 0 amide bonds. The monoisotopic (exact) mass is 410 g/mol. The highest BCUT2D eigenvalue weighted by Gasteiger charge is 2.49. The van der Waals surface area contributed by atoms with E-state index in [1.807, 2.05) is 27.7 Å². The third-order valence-electron chi connectivity index (χ3n) is 6.32. The molecule has 7 nitrogen and oxygen atoms in total. The number of nitro benzene ring substituents is 1. The number of ketones is 2. The average Bonchev–Trinajstić information content (AvgIpc) is 2.62. The number of non-ortho nitro benzene ring substituents is 1. The number of nitro groups is 1.